The summed E-state index contributed by atoms with van der Waals surface area (Å²) in [5.74, 6) is -1.86. The van der Waals surface area contributed by atoms with Crippen LogP contribution in [0.15, 0.2) is 0 Å². The van der Waals surface area contributed by atoms with Gasteiger partial charge >= 0.3 is 5.97 Å². The Morgan fingerprint density at radius 1 is 1.47 bits per heavy atom. The molecule has 0 heterocycles. The Morgan fingerprint density at radius 2 is 2.00 bits per heavy atom. The van der Waals surface area contributed by atoms with Gasteiger partial charge in [0.15, 0.2) is 0 Å². The van der Waals surface area contributed by atoms with Crippen LogP contribution in [0.25, 0.3) is 0 Å². The number of carboxylic acid groups (broad SMARTS) is 1. The van der Waals surface area contributed by atoms with Gasteiger partial charge in [-0.1, -0.05) is 20.3 Å². The van der Waals surface area contributed by atoms with Crippen LogP contribution in [0.1, 0.15) is 20.3 Å². The maximum atomic E-state index is 11.4. The number of rotatable bonds is 6. The van der Waals surface area contributed by atoms with Gasteiger partial charge < -0.3 is 21.3 Å². The fourth-order valence-electron chi connectivity index (χ4n) is 0.966. The molecule has 15 heavy (non-hydrogen) atoms. The summed E-state index contributed by atoms with van der Waals surface area (Å²) in [5.41, 5.74) is 5.59. The van der Waals surface area contributed by atoms with Gasteiger partial charge in [-0.05, 0) is 5.92 Å². The first-order valence-corrected chi connectivity index (χ1v) is 4.83. The predicted octanol–water partition coefficient (Wildman–Crippen LogP) is -1.08. The SMILES string of the molecule is CCC(C)[C@H](N)C(=O)NC(CO)C(=O)O. The lowest BCUT2D eigenvalue weighted by Crippen LogP contribution is -2.51. The third kappa shape index (κ3) is 4.26. The number of aliphatic carboxylic acids is 1. The molecule has 0 aliphatic rings. The Labute approximate surface area is 88.5 Å². The highest BCUT2D eigenvalue weighted by atomic mass is 16.4. The van der Waals surface area contributed by atoms with Crippen molar-refractivity contribution in [3.63, 3.8) is 0 Å². The first-order chi connectivity index (χ1) is 6.93. The van der Waals surface area contributed by atoms with Crippen molar-refractivity contribution in [2.75, 3.05) is 6.61 Å². The largest absolute Gasteiger partial charge is 0.480 e. The van der Waals surface area contributed by atoms with Crippen LogP contribution in [0.2, 0.25) is 0 Å². The van der Waals surface area contributed by atoms with E-state index in [1.807, 2.05) is 6.92 Å². The number of carbonyl (C=O) groups excluding carboxylic acids is 1. The Hall–Kier alpha value is -1.14. The quantitative estimate of drug-likeness (QED) is 0.453. The average Bonchev–Trinajstić information content (AvgIpc) is 2.22. The molecule has 0 rings (SSSR count). The molecule has 0 aromatic rings. The summed E-state index contributed by atoms with van der Waals surface area (Å²) in [4.78, 5) is 21.9. The van der Waals surface area contributed by atoms with Crippen molar-refractivity contribution < 1.29 is 19.8 Å². The van der Waals surface area contributed by atoms with Gasteiger partial charge in [0, 0.05) is 0 Å². The van der Waals surface area contributed by atoms with E-state index in [1.54, 1.807) is 6.92 Å². The molecule has 0 fully saturated rings. The molecule has 0 aromatic heterocycles. The van der Waals surface area contributed by atoms with Crippen LogP contribution in [0.3, 0.4) is 0 Å². The standard InChI is InChI=1S/C9H18N2O4/c1-3-5(2)7(10)8(13)11-6(4-12)9(14)15/h5-7,12H,3-4,10H2,1-2H3,(H,11,13)(H,14,15)/t5?,6?,7-/m0/s1. The van der Waals surface area contributed by atoms with Crippen molar-refractivity contribution in [3.05, 3.63) is 0 Å². The van der Waals surface area contributed by atoms with Gasteiger partial charge in [-0.2, -0.15) is 0 Å². The van der Waals surface area contributed by atoms with Crippen molar-refractivity contribution >= 4 is 11.9 Å². The number of hydrogen-bond donors (Lipinski definition) is 4. The van der Waals surface area contributed by atoms with Crippen molar-refractivity contribution in [1.29, 1.82) is 0 Å². The average molecular weight is 218 g/mol. The van der Waals surface area contributed by atoms with Crippen LogP contribution in [0.4, 0.5) is 0 Å². The second-order valence-electron chi connectivity index (χ2n) is 3.49. The van der Waals surface area contributed by atoms with Gasteiger partial charge in [0.05, 0.1) is 12.6 Å². The van der Waals surface area contributed by atoms with Crippen molar-refractivity contribution in [1.82, 2.24) is 5.32 Å². The lowest BCUT2D eigenvalue weighted by molar-refractivity contribution is -0.143. The van der Waals surface area contributed by atoms with E-state index in [0.29, 0.717) is 0 Å². The number of amides is 1. The Morgan fingerprint density at radius 3 is 2.33 bits per heavy atom. The molecule has 0 aliphatic carbocycles. The van der Waals surface area contributed by atoms with Gasteiger partial charge in [0.25, 0.3) is 0 Å². The summed E-state index contributed by atoms with van der Waals surface area (Å²) < 4.78 is 0. The second kappa shape index (κ2) is 6.36. The molecule has 0 saturated heterocycles. The van der Waals surface area contributed by atoms with Crippen LogP contribution < -0.4 is 11.1 Å². The van der Waals surface area contributed by atoms with Crippen LogP contribution in [-0.2, 0) is 9.59 Å². The highest BCUT2D eigenvalue weighted by molar-refractivity contribution is 5.87. The van der Waals surface area contributed by atoms with E-state index in [4.69, 9.17) is 15.9 Å². The molecule has 6 nitrogen and oxygen atoms in total. The van der Waals surface area contributed by atoms with Crippen LogP contribution in [-0.4, -0.2) is 40.8 Å². The molecule has 1 amide bonds. The number of nitrogens with two attached hydrogens (primary N) is 1. The van der Waals surface area contributed by atoms with Gasteiger partial charge in [-0.3, -0.25) is 4.79 Å². The van der Waals surface area contributed by atoms with Crippen LogP contribution in [0, 0.1) is 5.92 Å². The third-order valence-electron chi connectivity index (χ3n) is 2.36. The summed E-state index contributed by atoms with van der Waals surface area (Å²) >= 11 is 0. The van der Waals surface area contributed by atoms with E-state index in [0.717, 1.165) is 6.42 Å². The summed E-state index contributed by atoms with van der Waals surface area (Å²) in [7, 11) is 0. The topological polar surface area (TPSA) is 113 Å². The fourth-order valence-corrected chi connectivity index (χ4v) is 0.966. The van der Waals surface area contributed by atoms with E-state index in [2.05, 4.69) is 5.32 Å². The first-order valence-electron chi connectivity index (χ1n) is 4.83. The molecule has 3 atom stereocenters. The van der Waals surface area contributed by atoms with E-state index >= 15 is 0 Å². The molecule has 0 saturated carbocycles. The van der Waals surface area contributed by atoms with E-state index < -0.39 is 30.6 Å². The summed E-state index contributed by atoms with van der Waals surface area (Å²) in [6, 6.07) is -2.03. The molecule has 2 unspecified atom stereocenters. The maximum Gasteiger partial charge on any atom is 0.328 e. The van der Waals surface area contributed by atoms with Crippen LogP contribution in [0.5, 0.6) is 0 Å². The fraction of sp³-hybridized carbons (Fsp3) is 0.778. The maximum absolute atomic E-state index is 11.4. The minimum Gasteiger partial charge on any atom is -0.480 e. The van der Waals surface area contributed by atoms with Crippen molar-refractivity contribution in [2.45, 2.75) is 32.4 Å². The van der Waals surface area contributed by atoms with Gasteiger partial charge in [-0.15, -0.1) is 0 Å². The number of hydrogen-bond acceptors (Lipinski definition) is 4. The predicted molar refractivity (Wildman–Crippen MR) is 54.1 cm³/mol. The Balaban J connectivity index is 4.28. The molecule has 0 radical (unpaired) electrons. The smallest absolute Gasteiger partial charge is 0.328 e. The minimum absolute atomic E-state index is 0.0295. The molecule has 5 N–H and O–H groups in total. The zero-order valence-electron chi connectivity index (χ0n) is 8.93. The third-order valence-corrected chi connectivity index (χ3v) is 2.36. The summed E-state index contributed by atoms with van der Waals surface area (Å²) in [6.07, 6.45) is 0.728. The highest BCUT2D eigenvalue weighted by Gasteiger charge is 2.24. The molecular weight excluding hydrogens is 200 g/mol. The molecule has 6 heteroatoms. The number of aliphatic hydroxyl groups excluding tert-OH is 1. The van der Waals surface area contributed by atoms with Crippen molar-refractivity contribution in [3.8, 4) is 0 Å². The Kier molecular flexibility index (Phi) is 5.88. The first kappa shape index (κ1) is 13.9. The normalized spacial score (nSPS) is 16.5. The number of aliphatic hydroxyl groups is 1. The molecule has 88 valence electrons. The molecule has 0 aliphatic heterocycles. The molecular formula is C9H18N2O4. The summed E-state index contributed by atoms with van der Waals surface area (Å²) in [6.45, 7) is 3.05. The lowest BCUT2D eigenvalue weighted by atomic mass is 9.99. The zero-order valence-corrected chi connectivity index (χ0v) is 8.93. The van der Waals surface area contributed by atoms with Gasteiger partial charge in [0.2, 0.25) is 5.91 Å². The highest BCUT2D eigenvalue weighted by Crippen LogP contribution is 2.05. The number of nitrogens with one attached hydrogen (secondary N) is 1. The Bertz CT molecular complexity index is 232. The molecule has 0 spiro atoms. The van der Waals surface area contributed by atoms with Gasteiger partial charge in [-0.25, -0.2) is 4.79 Å². The van der Waals surface area contributed by atoms with E-state index in [1.165, 1.54) is 0 Å². The van der Waals surface area contributed by atoms with E-state index in [9.17, 15) is 9.59 Å². The van der Waals surface area contributed by atoms with Crippen molar-refractivity contribution in [2.24, 2.45) is 11.7 Å². The lowest BCUT2D eigenvalue weighted by Gasteiger charge is -2.20. The van der Waals surface area contributed by atoms with Gasteiger partial charge in [0.1, 0.15) is 6.04 Å². The second-order valence-corrected chi connectivity index (χ2v) is 3.49. The molecule has 0 bridgehead atoms. The summed E-state index contributed by atoms with van der Waals surface area (Å²) in [5, 5.41) is 19.4. The minimum atomic E-state index is -1.28. The zero-order chi connectivity index (χ0) is 12.0. The number of carboxylic acids is 1. The van der Waals surface area contributed by atoms with Crippen LogP contribution >= 0.6 is 0 Å². The monoisotopic (exact) mass is 218 g/mol. The molecule has 0 aromatic carbocycles. The number of carbonyl (C=O) groups is 2. The van der Waals surface area contributed by atoms with E-state index in [-0.39, 0.29) is 5.92 Å².